The Morgan fingerprint density at radius 2 is 1.90 bits per heavy atom. The molecule has 2 aromatic carbocycles. The van der Waals surface area contributed by atoms with Crippen LogP contribution >= 0.6 is 0 Å². The van der Waals surface area contributed by atoms with Crippen molar-refractivity contribution < 1.29 is 32.6 Å². The number of rotatable bonds is 7. The van der Waals surface area contributed by atoms with E-state index in [2.05, 4.69) is 5.32 Å². The summed E-state index contributed by atoms with van der Waals surface area (Å²) in [4.78, 5) is 26.6. The second-order valence-electron chi connectivity index (χ2n) is 6.73. The zero-order valence-electron chi connectivity index (χ0n) is 16.6. The van der Waals surface area contributed by atoms with Crippen LogP contribution in [0.3, 0.4) is 0 Å². The van der Waals surface area contributed by atoms with E-state index < -0.39 is 23.6 Å². The Morgan fingerprint density at radius 3 is 2.57 bits per heavy atom. The van der Waals surface area contributed by atoms with Crippen LogP contribution in [0.4, 0.5) is 8.78 Å². The van der Waals surface area contributed by atoms with Crippen molar-refractivity contribution in [3.05, 3.63) is 59.2 Å². The van der Waals surface area contributed by atoms with Crippen molar-refractivity contribution in [3.8, 4) is 11.5 Å². The molecule has 1 heterocycles. The molecule has 7 nitrogen and oxygen atoms in total. The van der Waals surface area contributed by atoms with Crippen LogP contribution in [0.2, 0.25) is 0 Å². The Balaban J connectivity index is 1.74. The van der Waals surface area contributed by atoms with Crippen molar-refractivity contribution in [2.45, 2.75) is 19.1 Å². The molecule has 0 saturated carbocycles. The van der Waals surface area contributed by atoms with Crippen molar-refractivity contribution in [2.75, 3.05) is 27.4 Å². The van der Waals surface area contributed by atoms with Gasteiger partial charge in [0.1, 0.15) is 35.8 Å². The Kier molecular flexibility index (Phi) is 6.83. The van der Waals surface area contributed by atoms with Crippen LogP contribution < -0.4 is 14.8 Å². The van der Waals surface area contributed by atoms with E-state index in [1.54, 1.807) is 18.2 Å². The lowest BCUT2D eigenvalue weighted by Gasteiger charge is -2.34. The lowest BCUT2D eigenvalue weighted by molar-refractivity contribution is -0.155. The minimum Gasteiger partial charge on any atom is -0.497 e. The van der Waals surface area contributed by atoms with Crippen molar-refractivity contribution in [1.82, 2.24) is 10.2 Å². The van der Waals surface area contributed by atoms with Gasteiger partial charge in [-0.3, -0.25) is 9.59 Å². The highest BCUT2D eigenvalue weighted by Gasteiger charge is 2.34. The van der Waals surface area contributed by atoms with Gasteiger partial charge in [0.05, 0.1) is 27.4 Å². The first-order chi connectivity index (χ1) is 14.4. The third kappa shape index (κ3) is 5.04. The topological polar surface area (TPSA) is 77.1 Å². The SMILES string of the molecule is COc1ccc(CN2C(=O)COC[C@H]2C(=O)NCc2cc(F)cc(F)c2)c(OC)c1. The Labute approximate surface area is 172 Å². The summed E-state index contributed by atoms with van der Waals surface area (Å²) in [6.45, 7) is -0.0924. The smallest absolute Gasteiger partial charge is 0.249 e. The molecule has 2 amide bonds. The molecule has 160 valence electrons. The number of hydrogen-bond acceptors (Lipinski definition) is 5. The Morgan fingerprint density at radius 1 is 1.17 bits per heavy atom. The lowest BCUT2D eigenvalue weighted by atomic mass is 10.1. The maximum atomic E-state index is 13.3. The summed E-state index contributed by atoms with van der Waals surface area (Å²) in [7, 11) is 3.03. The van der Waals surface area contributed by atoms with Crippen LogP contribution in [0.25, 0.3) is 0 Å². The van der Waals surface area contributed by atoms with Gasteiger partial charge in [-0.05, 0) is 29.8 Å². The van der Waals surface area contributed by atoms with Gasteiger partial charge in [-0.15, -0.1) is 0 Å². The quantitative estimate of drug-likeness (QED) is 0.742. The number of carbonyl (C=O) groups is 2. The number of nitrogens with one attached hydrogen (secondary N) is 1. The molecule has 0 aromatic heterocycles. The number of halogens is 2. The molecule has 1 saturated heterocycles. The molecule has 0 spiro atoms. The van der Waals surface area contributed by atoms with E-state index in [0.29, 0.717) is 17.1 Å². The summed E-state index contributed by atoms with van der Waals surface area (Å²) >= 11 is 0. The molecule has 1 N–H and O–H groups in total. The average molecular weight is 420 g/mol. The van der Waals surface area contributed by atoms with Crippen molar-refractivity contribution in [1.29, 1.82) is 0 Å². The number of methoxy groups -OCH3 is 2. The summed E-state index contributed by atoms with van der Waals surface area (Å²) in [6.07, 6.45) is 0. The third-order valence-corrected chi connectivity index (χ3v) is 4.72. The first kappa shape index (κ1) is 21.5. The fraction of sp³-hybridized carbons (Fsp3) is 0.333. The van der Waals surface area contributed by atoms with Crippen molar-refractivity contribution >= 4 is 11.8 Å². The standard InChI is InChI=1S/C21H22F2N2O5/c1-28-17-4-3-14(19(8-17)29-2)10-25-18(11-30-12-20(25)26)21(27)24-9-13-5-15(22)7-16(23)6-13/h3-8,18H,9-12H2,1-2H3,(H,24,27)/t18-/m0/s1. The maximum Gasteiger partial charge on any atom is 0.249 e. The van der Waals surface area contributed by atoms with Gasteiger partial charge in [-0.25, -0.2) is 8.78 Å². The van der Waals surface area contributed by atoms with E-state index in [1.807, 2.05) is 0 Å². The van der Waals surface area contributed by atoms with Gasteiger partial charge in [-0.2, -0.15) is 0 Å². The molecule has 1 fully saturated rings. The van der Waals surface area contributed by atoms with Gasteiger partial charge in [0.2, 0.25) is 11.8 Å². The fourth-order valence-corrected chi connectivity index (χ4v) is 3.21. The minimum atomic E-state index is -0.892. The number of hydrogen-bond donors (Lipinski definition) is 1. The Hall–Kier alpha value is -3.20. The summed E-state index contributed by atoms with van der Waals surface area (Å²) < 4.78 is 42.5. The largest absolute Gasteiger partial charge is 0.497 e. The average Bonchev–Trinajstić information content (AvgIpc) is 2.73. The number of amides is 2. The number of ether oxygens (including phenoxy) is 3. The molecule has 3 rings (SSSR count). The summed E-state index contributed by atoms with van der Waals surface area (Å²) in [5.41, 5.74) is 0.964. The van der Waals surface area contributed by atoms with E-state index in [-0.39, 0.29) is 37.8 Å². The highest BCUT2D eigenvalue weighted by atomic mass is 19.1. The van der Waals surface area contributed by atoms with Gasteiger partial charge in [0.15, 0.2) is 0 Å². The van der Waals surface area contributed by atoms with E-state index in [4.69, 9.17) is 14.2 Å². The lowest BCUT2D eigenvalue weighted by Crippen LogP contribution is -2.55. The molecule has 1 aliphatic rings. The van der Waals surface area contributed by atoms with Gasteiger partial charge < -0.3 is 24.4 Å². The number of nitrogens with zero attached hydrogens (tertiary/aromatic N) is 1. The van der Waals surface area contributed by atoms with Crippen LogP contribution in [0, 0.1) is 11.6 Å². The first-order valence-electron chi connectivity index (χ1n) is 9.22. The van der Waals surface area contributed by atoms with E-state index in [0.717, 1.165) is 18.2 Å². The number of morpholine rings is 1. The Bertz CT molecular complexity index is 917. The minimum absolute atomic E-state index is 0.00750. The maximum absolute atomic E-state index is 13.3. The van der Waals surface area contributed by atoms with Crippen LogP contribution in [-0.2, 0) is 27.4 Å². The molecule has 9 heteroatoms. The van der Waals surface area contributed by atoms with Gasteiger partial charge in [-0.1, -0.05) is 0 Å². The molecule has 30 heavy (non-hydrogen) atoms. The summed E-state index contributed by atoms with van der Waals surface area (Å²) in [6, 6.07) is 7.30. The molecule has 1 aliphatic heterocycles. The molecular weight excluding hydrogens is 398 g/mol. The molecule has 0 radical (unpaired) electrons. The van der Waals surface area contributed by atoms with E-state index in [9.17, 15) is 18.4 Å². The second kappa shape index (κ2) is 9.53. The van der Waals surface area contributed by atoms with Gasteiger partial charge in [0, 0.05) is 24.2 Å². The van der Waals surface area contributed by atoms with Crippen LogP contribution in [0.15, 0.2) is 36.4 Å². The molecular formula is C21H22F2N2O5. The van der Waals surface area contributed by atoms with Gasteiger partial charge >= 0.3 is 0 Å². The fourth-order valence-electron chi connectivity index (χ4n) is 3.21. The van der Waals surface area contributed by atoms with Crippen molar-refractivity contribution in [3.63, 3.8) is 0 Å². The monoisotopic (exact) mass is 420 g/mol. The van der Waals surface area contributed by atoms with Crippen LogP contribution in [0.5, 0.6) is 11.5 Å². The van der Waals surface area contributed by atoms with E-state index >= 15 is 0 Å². The second-order valence-corrected chi connectivity index (χ2v) is 6.73. The molecule has 0 bridgehead atoms. The summed E-state index contributed by atoms with van der Waals surface area (Å²) in [5, 5.41) is 2.61. The molecule has 0 unspecified atom stereocenters. The first-order valence-corrected chi connectivity index (χ1v) is 9.22. The molecule has 2 aromatic rings. The van der Waals surface area contributed by atoms with Crippen LogP contribution in [-0.4, -0.2) is 50.2 Å². The number of benzene rings is 2. The number of carbonyl (C=O) groups excluding carboxylic acids is 2. The normalized spacial score (nSPS) is 16.3. The predicted octanol–water partition coefficient (Wildman–Crippen LogP) is 2.03. The highest BCUT2D eigenvalue weighted by Crippen LogP contribution is 2.27. The molecule has 0 aliphatic carbocycles. The highest BCUT2D eigenvalue weighted by molar-refractivity contribution is 5.89. The summed E-state index contributed by atoms with van der Waals surface area (Å²) in [5.74, 6) is -1.19. The van der Waals surface area contributed by atoms with Gasteiger partial charge in [0.25, 0.3) is 0 Å². The van der Waals surface area contributed by atoms with E-state index in [1.165, 1.54) is 19.1 Å². The zero-order valence-corrected chi connectivity index (χ0v) is 16.6. The molecule has 1 atom stereocenters. The van der Waals surface area contributed by atoms with Crippen molar-refractivity contribution in [2.24, 2.45) is 0 Å². The zero-order chi connectivity index (χ0) is 21.7. The predicted molar refractivity (Wildman–Crippen MR) is 103 cm³/mol. The third-order valence-electron chi connectivity index (χ3n) is 4.72. The van der Waals surface area contributed by atoms with Crippen LogP contribution in [0.1, 0.15) is 11.1 Å².